The highest BCUT2D eigenvalue weighted by Gasteiger charge is 2.25. The maximum absolute atomic E-state index is 4.89. The molecule has 0 unspecified atom stereocenters. The minimum atomic E-state index is 0.436. The largest absolute Gasteiger partial charge is 0.306 e. The molecule has 4 aromatic heterocycles. The molecule has 4 aromatic carbocycles. The summed E-state index contributed by atoms with van der Waals surface area (Å²) in [6, 6.07) is 34.3. The lowest BCUT2D eigenvalue weighted by Crippen LogP contribution is -2.18. The van der Waals surface area contributed by atoms with Gasteiger partial charge >= 0.3 is 0 Å². The van der Waals surface area contributed by atoms with Gasteiger partial charge in [-0.1, -0.05) is 84.9 Å². The molecule has 10 heteroatoms. The number of fused-ring (bicyclic) bond motifs is 2. The molecule has 2 aliphatic heterocycles. The second kappa shape index (κ2) is 18.4. The van der Waals surface area contributed by atoms with Gasteiger partial charge in [-0.05, 0) is 136 Å². The third-order valence-corrected chi connectivity index (χ3v) is 11.9. The number of hydrogen-bond acceptors (Lipinski definition) is 6. The van der Waals surface area contributed by atoms with Crippen LogP contribution in [0.2, 0.25) is 0 Å². The van der Waals surface area contributed by atoms with Crippen LogP contribution in [0.5, 0.6) is 0 Å². The molecule has 0 saturated carbocycles. The van der Waals surface area contributed by atoms with Crippen molar-refractivity contribution < 1.29 is 0 Å². The summed E-state index contributed by atoms with van der Waals surface area (Å²) in [5.41, 5.74) is 11.8. The molecule has 0 fully saturated rings. The van der Waals surface area contributed by atoms with E-state index in [-0.39, 0.29) is 0 Å². The fraction of sp³-hybridized carbons (Fsp3) is 0.269. The van der Waals surface area contributed by atoms with Gasteiger partial charge in [0.25, 0.3) is 0 Å². The van der Waals surface area contributed by atoms with Crippen molar-refractivity contribution in [1.82, 2.24) is 48.6 Å². The van der Waals surface area contributed by atoms with E-state index in [1.54, 1.807) is 0 Å². The highest BCUT2D eigenvalue weighted by Crippen LogP contribution is 2.31. The topological polar surface area (TPSA) is 97.1 Å². The molecule has 62 heavy (non-hydrogen) atoms. The summed E-state index contributed by atoms with van der Waals surface area (Å²) in [6.45, 7) is 10.2. The van der Waals surface area contributed by atoms with Crippen LogP contribution in [0, 0.1) is 27.7 Å². The first-order chi connectivity index (χ1) is 30.3. The zero-order valence-electron chi connectivity index (χ0n) is 36.1. The Morgan fingerprint density at radius 3 is 1.35 bits per heavy atom. The number of imidazole rings is 2. The summed E-state index contributed by atoms with van der Waals surface area (Å²) < 4.78 is 8.34. The van der Waals surface area contributed by atoms with Gasteiger partial charge in [-0.3, -0.25) is 0 Å². The van der Waals surface area contributed by atoms with Crippen LogP contribution in [0.1, 0.15) is 106 Å². The van der Waals surface area contributed by atoms with Gasteiger partial charge in [0, 0.05) is 48.7 Å². The Labute approximate surface area is 364 Å². The summed E-state index contributed by atoms with van der Waals surface area (Å²) >= 11 is 0. The second-order valence-corrected chi connectivity index (χ2v) is 16.8. The third-order valence-electron chi connectivity index (χ3n) is 11.9. The van der Waals surface area contributed by atoms with E-state index in [0.29, 0.717) is 11.8 Å². The Morgan fingerprint density at radius 2 is 0.968 bits per heavy atom. The summed E-state index contributed by atoms with van der Waals surface area (Å²) in [4.78, 5) is 18.4. The second-order valence-electron chi connectivity index (χ2n) is 16.8. The lowest BCUT2D eigenvalue weighted by Gasteiger charge is -2.22. The van der Waals surface area contributed by atoms with E-state index in [2.05, 4.69) is 152 Å². The van der Waals surface area contributed by atoms with Crippen molar-refractivity contribution in [2.75, 3.05) is 0 Å². The van der Waals surface area contributed by atoms with E-state index >= 15 is 0 Å². The Bertz CT molecular complexity index is 2630. The van der Waals surface area contributed by atoms with Crippen molar-refractivity contribution in [1.29, 1.82) is 0 Å². The van der Waals surface area contributed by atoms with Gasteiger partial charge < -0.3 is 9.13 Å². The standard InChI is InChI=1S/2C26H27N5/c2*1-19-15-22(10-12-24(19)30-17-20(2)27-18-30)11-13-25-28-26-23(9-6-14-31(26)29-25)16-21-7-4-3-5-8-21/h2*3-5,7-8,10-13,15,17-18,23H,6,9,14,16H2,1-2H3/b2*13-11+/t2*23-/m10/s1. The first-order valence-electron chi connectivity index (χ1n) is 21.9. The van der Waals surface area contributed by atoms with Gasteiger partial charge in [-0.15, -0.1) is 0 Å². The van der Waals surface area contributed by atoms with Crippen molar-refractivity contribution in [2.24, 2.45) is 0 Å². The van der Waals surface area contributed by atoms with Crippen LogP contribution in [0.15, 0.2) is 122 Å². The highest BCUT2D eigenvalue weighted by molar-refractivity contribution is 5.69. The van der Waals surface area contributed by atoms with Crippen molar-refractivity contribution in [3.8, 4) is 11.4 Å². The Hall–Kier alpha value is -6.94. The van der Waals surface area contributed by atoms with Gasteiger partial charge in [0.2, 0.25) is 0 Å². The quantitative estimate of drug-likeness (QED) is 0.136. The number of aromatic nitrogens is 10. The molecule has 0 N–H and O–H groups in total. The van der Waals surface area contributed by atoms with Crippen LogP contribution in [-0.4, -0.2) is 48.6 Å². The number of nitrogens with zero attached hydrogens (tertiary/aromatic N) is 10. The molecule has 0 aliphatic carbocycles. The van der Waals surface area contributed by atoms with Gasteiger partial charge in [0.05, 0.1) is 24.0 Å². The smallest absolute Gasteiger partial charge is 0.174 e. The molecule has 2 aliphatic rings. The van der Waals surface area contributed by atoms with Crippen molar-refractivity contribution in [2.45, 2.75) is 91.1 Å². The molecule has 312 valence electrons. The molecule has 0 spiro atoms. The number of rotatable bonds is 10. The van der Waals surface area contributed by atoms with E-state index in [1.165, 1.54) is 35.1 Å². The lowest BCUT2D eigenvalue weighted by molar-refractivity contribution is 0.413. The number of hydrogen-bond donors (Lipinski definition) is 0. The Balaban J connectivity index is 0.000000158. The fourth-order valence-electron chi connectivity index (χ4n) is 8.83. The van der Waals surface area contributed by atoms with Crippen LogP contribution in [0.25, 0.3) is 35.7 Å². The van der Waals surface area contributed by atoms with Gasteiger partial charge in [-0.25, -0.2) is 29.3 Å². The molecule has 6 heterocycles. The molecule has 0 radical (unpaired) electrons. The predicted molar refractivity (Wildman–Crippen MR) is 248 cm³/mol. The molecule has 10 nitrogen and oxygen atoms in total. The highest BCUT2D eigenvalue weighted by atomic mass is 15.4. The fourth-order valence-corrected chi connectivity index (χ4v) is 8.83. The van der Waals surface area contributed by atoms with Crippen LogP contribution < -0.4 is 0 Å². The molecule has 0 bridgehead atoms. The Morgan fingerprint density at radius 1 is 0.532 bits per heavy atom. The van der Waals surface area contributed by atoms with Crippen molar-refractivity contribution >= 4 is 24.3 Å². The molecular weight excluding hydrogens is 765 g/mol. The lowest BCUT2D eigenvalue weighted by atomic mass is 9.92. The average Bonchev–Trinajstić information content (AvgIpc) is 4.11. The molecular formula is C52H54N10. The minimum Gasteiger partial charge on any atom is -0.306 e. The summed E-state index contributed by atoms with van der Waals surface area (Å²) in [6.07, 6.45) is 22.8. The SMILES string of the molecule is Cc1cn(-c2ccc(/C=C/c3nc4n(n3)CCC[C@@H]4Cc3ccccc3)cc2C)cn1.Cc1cn(-c2ccc(/C=C/c3nc4n(n3)CCC[C@H]4Cc3ccccc3)cc2C)cn1. The van der Waals surface area contributed by atoms with Crippen LogP contribution in [0.3, 0.4) is 0 Å². The average molecular weight is 819 g/mol. The predicted octanol–water partition coefficient (Wildman–Crippen LogP) is 10.7. The Kier molecular flexibility index (Phi) is 12.0. The molecule has 8 aromatic rings. The summed E-state index contributed by atoms with van der Waals surface area (Å²) in [7, 11) is 0. The van der Waals surface area contributed by atoms with Crippen molar-refractivity contribution in [3.05, 3.63) is 190 Å². The van der Waals surface area contributed by atoms with Crippen LogP contribution in [-0.2, 0) is 25.9 Å². The normalized spacial score (nSPS) is 16.0. The number of benzene rings is 4. The van der Waals surface area contributed by atoms with Crippen molar-refractivity contribution in [3.63, 3.8) is 0 Å². The van der Waals surface area contributed by atoms with Crippen LogP contribution in [0.4, 0.5) is 0 Å². The van der Waals surface area contributed by atoms with Gasteiger partial charge in [0.15, 0.2) is 11.6 Å². The molecule has 0 amide bonds. The summed E-state index contributed by atoms with van der Waals surface area (Å²) in [5, 5.41) is 9.51. The maximum atomic E-state index is 4.89. The zero-order valence-corrected chi connectivity index (χ0v) is 36.1. The zero-order chi connectivity index (χ0) is 42.4. The van der Waals surface area contributed by atoms with E-state index < -0.39 is 0 Å². The first kappa shape index (κ1) is 40.5. The van der Waals surface area contributed by atoms with E-state index in [1.807, 2.05) is 51.0 Å². The first-order valence-corrected chi connectivity index (χ1v) is 21.9. The van der Waals surface area contributed by atoms with Crippen LogP contribution >= 0.6 is 0 Å². The van der Waals surface area contributed by atoms with E-state index in [4.69, 9.17) is 20.2 Å². The van der Waals surface area contributed by atoms with Gasteiger partial charge in [0.1, 0.15) is 11.6 Å². The molecule has 2 atom stereocenters. The summed E-state index contributed by atoms with van der Waals surface area (Å²) in [5.74, 6) is 4.70. The van der Waals surface area contributed by atoms with E-state index in [9.17, 15) is 0 Å². The maximum Gasteiger partial charge on any atom is 0.174 e. The minimum absolute atomic E-state index is 0.436. The van der Waals surface area contributed by atoms with Gasteiger partial charge in [-0.2, -0.15) is 10.2 Å². The monoisotopic (exact) mass is 818 g/mol. The number of aryl methyl sites for hydroxylation is 6. The molecule has 10 rings (SSSR count). The van der Waals surface area contributed by atoms with E-state index in [0.717, 1.165) is 96.0 Å². The molecule has 0 saturated heterocycles. The third kappa shape index (κ3) is 9.50.